The zero-order chi connectivity index (χ0) is 9.14. The Hall–Kier alpha value is -0.960. The van der Waals surface area contributed by atoms with Crippen LogP contribution in [0.5, 0.6) is 0 Å². The van der Waals surface area contributed by atoms with Crippen LogP contribution in [0.2, 0.25) is 0 Å². The van der Waals surface area contributed by atoms with E-state index in [9.17, 15) is 4.79 Å². The second-order valence-electron chi connectivity index (χ2n) is 2.67. The first kappa shape index (κ1) is 9.13. The summed E-state index contributed by atoms with van der Waals surface area (Å²) in [4.78, 5) is 15.1. The summed E-state index contributed by atoms with van der Waals surface area (Å²) < 4.78 is 0. The molecule has 64 valence electrons. The van der Waals surface area contributed by atoms with Crippen molar-refractivity contribution in [3.63, 3.8) is 0 Å². The van der Waals surface area contributed by atoms with E-state index in [4.69, 9.17) is 0 Å². The Labute approximate surface area is 76.0 Å². The first-order valence-electron chi connectivity index (χ1n) is 3.71. The third kappa shape index (κ3) is 2.27. The average Bonchev–Trinajstić information content (AvgIpc) is 2.35. The number of nitrogens with zero attached hydrogens (tertiary/aromatic N) is 1. The Bertz CT molecular complexity index is 325. The SMILES string of the molecule is CC(=O)C(C)=Cc1csc(C)n1. The summed E-state index contributed by atoms with van der Waals surface area (Å²) in [5, 5.41) is 2.97. The molecule has 0 saturated heterocycles. The molecule has 0 bridgehead atoms. The molecule has 0 fully saturated rings. The molecule has 1 rings (SSSR count). The minimum absolute atomic E-state index is 0.0978. The predicted octanol–water partition coefficient (Wildman–Crippen LogP) is 2.44. The van der Waals surface area contributed by atoms with E-state index in [0.717, 1.165) is 16.3 Å². The maximum atomic E-state index is 10.9. The summed E-state index contributed by atoms with van der Waals surface area (Å²) in [5.41, 5.74) is 1.63. The number of ketones is 1. The van der Waals surface area contributed by atoms with Gasteiger partial charge in [-0.25, -0.2) is 4.98 Å². The van der Waals surface area contributed by atoms with Crippen LogP contribution in [0.4, 0.5) is 0 Å². The van der Waals surface area contributed by atoms with E-state index in [1.165, 1.54) is 0 Å². The third-order valence-corrected chi connectivity index (χ3v) is 2.35. The number of hydrogen-bond donors (Lipinski definition) is 0. The van der Waals surface area contributed by atoms with Crippen LogP contribution >= 0.6 is 11.3 Å². The molecule has 1 aromatic heterocycles. The van der Waals surface area contributed by atoms with Gasteiger partial charge in [-0.15, -0.1) is 11.3 Å². The van der Waals surface area contributed by atoms with Crippen molar-refractivity contribution in [1.29, 1.82) is 0 Å². The van der Waals surface area contributed by atoms with E-state index in [1.807, 2.05) is 18.4 Å². The second kappa shape index (κ2) is 3.63. The van der Waals surface area contributed by atoms with E-state index in [-0.39, 0.29) is 5.78 Å². The lowest BCUT2D eigenvalue weighted by Gasteiger charge is -1.90. The number of allylic oxidation sites excluding steroid dienone is 1. The number of carbonyl (C=O) groups is 1. The molecule has 12 heavy (non-hydrogen) atoms. The summed E-state index contributed by atoms with van der Waals surface area (Å²) in [6.45, 7) is 5.31. The van der Waals surface area contributed by atoms with Gasteiger partial charge in [0.2, 0.25) is 0 Å². The normalized spacial score (nSPS) is 11.8. The van der Waals surface area contributed by atoms with Crippen LogP contribution in [0.1, 0.15) is 24.5 Å². The van der Waals surface area contributed by atoms with Gasteiger partial charge >= 0.3 is 0 Å². The molecule has 0 aliphatic carbocycles. The molecule has 2 nitrogen and oxygen atoms in total. The summed E-state index contributed by atoms with van der Waals surface area (Å²) in [6, 6.07) is 0. The summed E-state index contributed by atoms with van der Waals surface area (Å²) in [6.07, 6.45) is 1.81. The molecular formula is C9H11NOS. The minimum Gasteiger partial charge on any atom is -0.295 e. The molecular weight excluding hydrogens is 170 g/mol. The van der Waals surface area contributed by atoms with Crippen LogP contribution in [0, 0.1) is 6.92 Å². The van der Waals surface area contributed by atoms with Gasteiger partial charge in [-0.3, -0.25) is 4.79 Å². The van der Waals surface area contributed by atoms with Crippen LogP contribution in [0.25, 0.3) is 6.08 Å². The number of rotatable bonds is 2. The van der Waals surface area contributed by atoms with E-state index < -0.39 is 0 Å². The lowest BCUT2D eigenvalue weighted by Crippen LogP contribution is -1.90. The highest BCUT2D eigenvalue weighted by Gasteiger charge is 1.98. The van der Waals surface area contributed by atoms with Crippen molar-refractivity contribution in [3.05, 3.63) is 21.7 Å². The van der Waals surface area contributed by atoms with Crippen LogP contribution in [0.3, 0.4) is 0 Å². The summed E-state index contributed by atoms with van der Waals surface area (Å²) in [5.74, 6) is 0.0978. The van der Waals surface area contributed by atoms with Crippen molar-refractivity contribution >= 4 is 23.2 Å². The molecule has 0 aromatic carbocycles. The first-order valence-corrected chi connectivity index (χ1v) is 4.59. The standard InChI is InChI=1S/C9H11NOS/c1-6(7(2)11)4-9-5-12-8(3)10-9/h4-5H,1-3H3. The molecule has 0 N–H and O–H groups in total. The lowest BCUT2D eigenvalue weighted by atomic mass is 10.2. The minimum atomic E-state index is 0.0978. The maximum absolute atomic E-state index is 10.9. The van der Waals surface area contributed by atoms with E-state index in [2.05, 4.69) is 4.98 Å². The molecule has 0 amide bonds. The Morgan fingerprint density at radius 3 is 2.67 bits per heavy atom. The molecule has 0 atom stereocenters. The molecule has 0 aliphatic heterocycles. The third-order valence-electron chi connectivity index (χ3n) is 1.56. The summed E-state index contributed by atoms with van der Waals surface area (Å²) in [7, 11) is 0. The molecule has 0 unspecified atom stereocenters. The average molecular weight is 181 g/mol. The largest absolute Gasteiger partial charge is 0.295 e. The van der Waals surface area contributed by atoms with E-state index in [0.29, 0.717) is 0 Å². The highest BCUT2D eigenvalue weighted by atomic mass is 32.1. The van der Waals surface area contributed by atoms with Crippen LogP contribution in [-0.4, -0.2) is 10.8 Å². The molecule has 3 heteroatoms. The molecule has 0 radical (unpaired) electrons. The number of hydrogen-bond acceptors (Lipinski definition) is 3. The zero-order valence-corrected chi connectivity index (χ0v) is 8.23. The van der Waals surface area contributed by atoms with Crippen molar-refractivity contribution in [2.24, 2.45) is 0 Å². The van der Waals surface area contributed by atoms with Gasteiger partial charge < -0.3 is 0 Å². The topological polar surface area (TPSA) is 30.0 Å². The van der Waals surface area contributed by atoms with Gasteiger partial charge in [0.15, 0.2) is 5.78 Å². The summed E-state index contributed by atoms with van der Waals surface area (Å²) >= 11 is 1.59. The fourth-order valence-electron chi connectivity index (χ4n) is 0.770. The fourth-order valence-corrected chi connectivity index (χ4v) is 1.34. The number of aromatic nitrogens is 1. The Morgan fingerprint density at radius 2 is 2.25 bits per heavy atom. The van der Waals surface area contributed by atoms with Gasteiger partial charge in [-0.2, -0.15) is 0 Å². The molecule has 0 spiro atoms. The van der Waals surface area contributed by atoms with E-state index >= 15 is 0 Å². The van der Waals surface area contributed by atoms with Crippen LogP contribution in [0.15, 0.2) is 11.0 Å². The van der Waals surface area contributed by atoms with Gasteiger partial charge in [0.1, 0.15) is 0 Å². The number of thiazole rings is 1. The van der Waals surface area contributed by atoms with Gasteiger partial charge in [0, 0.05) is 5.38 Å². The highest BCUT2D eigenvalue weighted by molar-refractivity contribution is 7.09. The first-order chi connectivity index (χ1) is 5.59. The van der Waals surface area contributed by atoms with E-state index in [1.54, 1.807) is 25.2 Å². The molecule has 0 aliphatic rings. The predicted molar refractivity (Wildman–Crippen MR) is 51.2 cm³/mol. The lowest BCUT2D eigenvalue weighted by molar-refractivity contribution is -0.113. The highest BCUT2D eigenvalue weighted by Crippen LogP contribution is 2.11. The molecule has 0 saturated carbocycles. The maximum Gasteiger partial charge on any atom is 0.155 e. The van der Waals surface area contributed by atoms with Gasteiger partial charge in [0.05, 0.1) is 10.7 Å². The van der Waals surface area contributed by atoms with Gasteiger partial charge in [-0.05, 0) is 32.4 Å². The van der Waals surface area contributed by atoms with Gasteiger partial charge in [0.25, 0.3) is 0 Å². The Kier molecular flexibility index (Phi) is 2.76. The van der Waals surface area contributed by atoms with Crippen LogP contribution < -0.4 is 0 Å². The van der Waals surface area contributed by atoms with Crippen molar-refractivity contribution in [3.8, 4) is 0 Å². The molecule has 1 heterocycles. The van der Waals surface area contributed by atoms with Crippen molar-refractivity contribution in [2.75, 3.05) is 0 Å². The Morgan fingerprint density at radius 1 is 1.58 bits per heavy atom. The molecule has 1 aromatic rings. The van der Waals surface area contributed by atoms with Crippen molar-refractivity contribution < 1.29 is 4.79 Å². The fraction of sp³-hybridized carbons (Fsp3) is 0.333. The van der Waals surface area contributed by atoms with Gasteiger partial charge in [-0.1, -0.05) is 0 Å². The van der Waals surface area contributed by atoms with Crippen LogP contribution in [-0.2, 0) is 4.79 Å². The monoisotopic (exact) mass is 181 g/mol. The second-order valence-corrected chi connectivity index (χ2v) is 3.74. The zero-order valence-electron chi connectivity index (χ0n) is 7.42. The number of Topliss-reactive ketones (excluding diaryl/α,β-unsaturated/α-hetero) is 1. The van der Waals surface area contributed by atoms with Crippen molar-refractivity contribution in [1.82, 2.24) is 4.98 Å². The quantitative estimate of drug-likeness (QED) is 0.656. The smallest absolute Gasteiger partial charge is 0.155 e. The number of aryl methyl sites for hydroxylation is 1. The van der Waals surface area contributed by atoms with Crippen molar-refractivity contribution in [2.45, 2.75) is 20.8 Å². The number of carbonyl (C=O) groups excluding carboxylic acids is 1. The Balaban J connectivity index is 2.87.